The lowest BCUT2D eigenvalue weighted by atomic mass is 9.33. The third kappa shape index (κ3) is 4.00. The second-order valence-electron chi connectivity index (χ2n) is 14.4. The van der Waals surface area contributed by atoms with E-state index in [0.717, 1.165) is 33.9 Å². The summed E-state index contributed by atoms with van der Waals surface area (Å²) in [4.78, 5) is 14.8. The molecule has 0 spiro atoms. The van der Waals surface area contributed by atoms with E-state index in [1.54, 1.807) is 10.4 Å². The fraction of sp³-hybridized carbons (Fsp3) is 0.0909. The molecule has 6 heteroatoms. The third-order valence-electron chi connectivity index (χ3n) is 11.0. The van der Waals surface area contributed by atoms with Gasteiger partial charge in [-0.15, -0.1) is 0 Å². The van der Waals surface area contributed by atoms with Gasteiger partial charge in [0.25, 0.3) is 6.71 Å². The van der Waals surface area contributed by atoms with Crippen LogP contribution in [0, 0.1) is 13.8 Å². The lowest BCUT2D eigenvalue weighted by Gasteiger charge is -2.50. The van der Waals surface area contributed by atoms with Gasteiger partial charge in [0.05, 0.1) is 22.8 Å². The van der Waals surface area contributed by atoms with Crippen LogP contribution in [0.5, 0.6) is 0 Å². The molecule has 50 heavy (non-hydrogen) atoms. The summed E-state index contributed by atoms with van der Waals surface area (Å²) >= 11 is 0. The van der Waals surface area contributed by atoms with Crippen LogP contribution in [-0.4, -0.2) is 24.8 Å². The molecule has 3 aliphatic rings. The van der Waals surface area contributed by atoms with E-state index in [9.17, 15) is 0 Å². The second-order valence-corrected chi connectivity index (χ2v) is 18.7. The molecule has 0 unspecified atom stereocenters. The zero-order valence-electron chi connectivity index (χ0n) is 28.6. The highest BCUT2D eigenvalue weighted by Gasteiger charge is 2.52. The first-order valence-corrected chi connectivity index (χ1v) is 20.5. The summed E-state index contributed by atoms with van der Waals surface area (Å²) in [7, 11) is -2.17. The number of anilines is 6. The van der Waals surface area contributed by atoms with Crippen LogP contribution in [0.4, 0.5) is 34.1 Å². The van der Waals surface area contributed by atoms with Crippen LogP contribution < -0.4 is 36.6 Å². The normalized spacial score (nSPS) is 14.4. The second kappa shape index (κ2) is 10.6. The smallest absolute Gasteiger partial charge is 0.251 e. The first-order chi connectivity index (χ1) is 24.4. The molecule has 0 radical (unpaired) electrons. The lowest BCUT2D eigenvalue weighted by Crippen LogP contribution is -2.79. The Balaban J connectivity index is 1.34. The Morgan fingerprint density at radius 3 is 1.36 bits per heavy atom. The van der Waals surface area contributed by atoms with Gasteiger partial charge in [0.2, 0.25) is 0 Å². The van der Waals surface area contributed by atoms with Crippen molar-refractivity contribution in [2.75, 3.05) is 9.80 Å². The molecule has 5 heterocycles. The molecule has 0 fully saturated rings. The van der Waals surface area contributed by atoms with E-state index in [4.69, 9.17) is 9.97 Å². The maximum atomic E-state index is 4.84. The van der Waals surface area contributed by atoms with Crippen molar-refractivity contribution in [3.63, 3.8) is 0 Å². The van der Waals surface area contributed by atoms with Crippen LogP contribution in [0.1, 0.15) is 11.1 Å². The fourth-order valence-corrected chi connectivity index (χ4v) is 12.3. The largest absolute Gasteiger partial charge is 0.311 e. The van der Waals surface area contributed by atoms with E-state index in [2.05, 4.69) is 152 Å². The minimum Gasteiger partial charge on any atom is -0.311 e. The van der Waals surface area contributed by atoms with Gasteiger partial charge in [0.1, 0.15) is 8.07 Å². The van der Waals surface area contributed by atoms with Gasteiger partial charge in [-0.3, -0.25) is 9.97 Å². The predicted molar refractivity (Wildman–Crippen MR) is 213 cm³/mol. The average Bonchev–Trinajstić information content (AvgIpc) is 3.14. The Labute approximate surface area is 294 Å². The lowest BCUT2D eigenvalue weighted by molar-refractivity contribution is 1.23. The zero-order valence-corrected chi connectivity index (χ0v) is 29.6. The Kier molecular flexibility index (Phi) is 6.22. The van der Waals surface area contributed by atoms with Crippen molar-refractivity contribution < 1.29 is 0 Å². The van der Waals surface area contributed by atoms with Gasteiger partial charge in [-0.2, -0.15) is 0 Å². The maximum Gasteiger partial charge on any atom is 0.251 e. The number of hydrogen-bond donors (Lipinski definition) is 0. The molecular weight excluding hydrogens is 623 g/mol. The van der Waals surface area contributed by atoms with Gasteiger partial charge in [0, 0.05) is 46.3 Å². The molecule has 2 aromatic heterocycles. The zero-order chi connectivity index (χ0) is 33.7. The highest BCUT2D eigenvalue weighted by molar-refractivity contribution is 7.16. The minimum atomic E-state index is -2.17. The number of para-hydroxylation sites is 2. The van der Waals surface area contributed by atoms with E-state index in [-0.39, 0.29) is 6.71 Å². The van der Waals surface area contributed by atoms with Crippen LogP contribution in [0.3, 0.4) is 0 Å². The van der Waals surface area contributed by atoms with Crippen molar-refractivity contribution in [2.45, 2.75) is 26.9 Å². The molecule has 238 valence electrons. The molecule has 0 saturated heterocycles. The number of aromatic nitrogens is 2. The van der Waals surface area contributed by atoms with Crippen LogP contribution in [0.2, 0.25) is 13.1 Å². The molecule has 0 saturated carbocycles. The monoisotopic (exact) mass is 658 g/mol. The topological polar surface area (TPSA) is 32.3 Å². The Hall–Kier alpha value is -5.72. The van der Waals surface area contributed by atoms with E-state index < -0.39 is 8.07 Å². The van der Waals surface area contributed by atoms with E-state index in [1.807, 2.05) is 24.5 Å². The fourth-order valence-electron chi connectivity index (χ4n) is 8.97. The predicted octanol–water partition coefficient (Wildman–Crippen LogP) is 7.65. The number of pyridine rings is 2. The first kappa shape index (κ1) is 29.2. The summed E-state index contributed by atoms with van der Waals surface area (Å²) in [5, 5.41) is 3.09. The van der Waals surface area contributed by atoms with Gasteiger partial charge in [-0.05, 0) is 102 Å². The summed E-state index contributed by atoms with van der Waals surface area (Å²) in [5.41, 5.74) is 18.4. The van der Waals surface area contributed by atoms with Crippen molar-refractivity contribution in [1.29, 1.82) is 0 Å². The standard InChI is InChI=1S/C44H35BN4Si/c1-28-24-38-43-40(26-28)50(3,4)41-27-29(2)25-39-44(41)45(43)42-36(48(38)34-18-7-5-14-30(34)32-16-9-11-22-46-32)20-13-21-37(42)49(39)35-19-8-6-15-31(35)33-17-10-12-23-47-33/h5-27H,1-4H3. The molecule has 0 bridgehead atoms. The molecule has 0 aliphatic carbocycles. The van der Waals surface area contributed by atoms with Crippen LogP contribution in [0.15, 0.2) is 140 Å². The van der Waals surface area contributed by atoms with E-state index >= 15 is 0 Å². The Bertz CT molecular complexity index is 2340. The summed E-state index contributed by atoms with van der Waals surface area (Å²) in [5.74, 6) is 0. The molecule has 0 amide bonds. The molecule has 5 aromatic carbocycles. The van der Waals surface area contributed by atoms with Crippen LogP contribution in [-0.2, 0) is 0 Å². The van der Waals surface area contributed by atoms with Crippen molar-refractivity contribution in [1.82, 2.24) is 9.97 Å². The van der Waals surface area contributed by atoms with Crippen LogP contribution in [0.25, 0.3) is 22.5 Å². The first-order valence-electron chi connectivity index (χ1n) is 17.5. The SMILES string of the molecule is Cc1cc2c3c(c1)[Si](C)(C)c1cc(C)cc4c1B3c1c(cccc1N4c1ccccc1-c1ccccn1)N2c1ccccc1-c1ccccn1. The van der Waals surface area contributed by atoms with Crippen molar-refractivity contribution in [3.05, 3.63) is 151 Å². The molecule has 10 rings (SSSR count). The summed E-state index contributed by atoms with van der Waals surface area (Å²) in [6.45, 7) is 9.78. The summed E-state index contributed by atoms with van der Waals surface area (Å²) in [6.07, 6.45) is 3.78. The van der Waals surface area contributed by atoms with Gasteiger partial charge in [-0.25, -0.2) is 0 Å². The van der Waals surface area contributed by atoms with Crippen molar-refractivity contribution in [2.24, 2.45) is 0 Å². The molecule has 0 N–H and O–H groups in total. The average molecular weight is 659 g/mol. The van der Waals surface area contributed by atoms with Crippen LogP contribution >= 0.6 is 0 Å². The number of hydrogen-bond acceptors (Lipinski definition) is 4. The van der Waals surface area contributed by atoms with Gasteiger partial charge in [0.15, 0.2) is 0 Å². The van der Waals surface area contributed by atoms with Gasteiger partial charge in [-0.1, -0.05) is 90.2 Å². The quantitative estimate of drug-likeness (QED) is 0.182. The highest BCUT2D eigenvalue weighted by Crippen LogP contribution is 2.48. The van der Waals surface area contributed by atoms with E-state index in [1.165, 1.54) is 50.3 Å². The molecule has 3 aliphatic heterocycles. The Morgan fingerprint density at radius 1 is 0.460 bits per heavy atom. The molecular formula is C44H35BN4Si. The maximum absolute atomic E-state index is 4.84. The summed E-state index contributed by atoms with van der Waals surface area (Å²) < 4.78 is 0. The number of aryl methyl sites for hydroxylation is 2. The summed E-state index contributed by atoms with van der Waals surface area (Å²) in [6, 6.07) is 46.7. The van der Waals surface area contributed by atoms with Crippen molar-refractivity contribution in [3.8, 4) is 22.5 Å². The van der Waals surface area contributed by atoms with Crippen molar-refractivity contribution >= 4 is 75.7 Å². The number of rotatable bonds is 4. The molecule has 0 atom stereocenters. The number of nitrogens with zero attached hydrogens (tertiary/aromatic N) is 4. The minimum absolute atomic E-state index is 0.134. The molecule has 7 aromatic rings. The third-order valence-corrected chi connectivity index (χ3v) is 14.5. The van der Waals surface area contributed by atoms with Gasteiger partial charge < -0.3 is 9.80 Å². The Morgan fingerprint density at radius 2 is 0.900 bits per heavy atom. The van der Waals surface area contributed by atoms with E-state index in [0.29, 0.717) is 0 Å². The highest BCUT2D eigenvalue weighted by atomic mass is 28.3. The van der Waals surface area contributed by atoms with Gasteiger partial charge >= 0.3 is 0 Å². The molecule has 4 nitrogen and oxygen atoms in total. The number of benzene rings is 5.